The number of hydrogen-bond donors (Lipinski definition) is 1. The van der Waals surface area contributed by atoms with Gasteiger partial charge in [-0.2, -0.15) is 0 Å². The van der Waals surface area contributed by atoms with Crippen LogP contribution >= 0.6 is 0 Å². The van der Waals surface area contributed by atoms with Gasteiger partial charge in [-0.25, -0.2) is 0 Å². The highest BCUT2D eigenvalue weighted by Gasteiger charge is 2.40. The first-order valence-electron chi connectivity index (χ1n) is 6.87. The molecule has 17 heavy (non-hydrogen) atoms. The van der Waals surface area contributed by atoms with Crippen LogP contribution < -0.4 is 5.32 Å². The van der Waals surface area contributed by atoms with Crippen LogP contribution in [-0.2, 0) is 0 Å². The quantitative estimate of drug-likeness (QED) is 0.760. The molecule has 2 atom stereocenters. The van der Waals surface area contributed by atoms with Gasteiger partial charge in [0.1, 0.15) is 0 Å². The third-order valence-electron chi connectivity index (χ3n) is 4.26. The summed E-state index contributed by atoms with van der Waals surface area (Å²) in [4.78, 5) is 4.74. The summed E-state index contributed by atoms with van der Waals surface area (Å²) in [5.41, 5.74) is 0.460. The lowest BCUT2D eigenvalue weighted by atomic mass is 9.85. The number of nitrogens with zero attached hydrogens (tertiary/aromatic N) is 2. The Labute approximate surface area is 108 Å². The van der Waals surface area contributed by atoms with Crippen molar-refractivity contribution in [2.45, 2.75) is 32.7 Å². The summed E-state index contributed by atoms with van der Waals surface area (Å²) in [6.45, 7) is 8.34. The van der Waals surface area contributed by atoms with Crippen LogP contribution in [0.25, 0.3) is 0 Å². The minimum atomic E-state index is 0.460. The molecule has 3 heteroatoms. The van der Waals surface area contributed by atoms with Gasteiger partial charge in [0, 0.05) is 25.7 Å². The predicted octanol–water partition coefficient (Wildman–Crippen LogP) is 1.50. The average molecular weight is 241 g/mol. The number of hydrogen-bond acceptors (Lipinski definition) is 3. The molecule has 0 heterocycles. The van der Waals surface area contributed by atoms with Crippen LogP contribution in [0, 0.1) is 11.3 Å². The van der Waals surface area contributed by atoms with E-state index in [-0.39, 0.29) is 0 Å². The van der Waals surface area contributed by atoms with E-state index >= 15 is 0 Å². The zero-order chi connectivity index (χ0) is 13.1. The molecule has 0 aliphatic heterocycles. The highest BCUT2D eigenvalue weighted by atomic mass is 15.2. The lowest BCUT2D eigenvalue weighted by Crippen LogP contribution is -2.44. The molecule has 1 aliphatic rings. The van der Waals surface area contributed by atoms with Gasteiger partial charge in [-0.1, -0.05) is 13.8 Å². The van der Waals surface area contributed by atoms with Gasteiger partial charge in [0.2, 0.25) is 0 Å². The lowest BCUT2D eigenvalue weighted by molar-refractivity contribution is 0.201. The van der Waals surface area contributed by atoms with E-state index in [1.807, 2.05) is 0 Å². The van der Waals surface area contributed by atoms with E-state index in [9.17, 15) is 0 Å². The molecule has 0 aromatic heterocycles. The average Bonchev–Trinajstić information content (AvgIpc) is 2.50. The van der Waals surface area contributed by atoms with Gasteiger partial charge in [0.15, 0.2) is 0 Å². The lowest BCUT2D eigenvalue weighted by Gasteiger charge is -2.32. The van der Waals surface area contributed by atoms with Gasteiger partial charge >= 0.3 is 0 Å². The number of rotatable bonds is 6. The van der Waals surface area contributed by atoms with Crippen molar-refractivity contribution in [3.05, 3.63) is 0 Å². The van der Waals surface area contributed by atoms with E-state index in [0.717, 1.165) is 12.5 Å². The number of nitrogens with one attached hydrogen (secondary N) is 1. The van der Waals surface area contributed by atoms with Crippen molar-refractivity contribution in [3.63, 3.8) is 0 Å². The highest BCUT2D eigenvalue weighted by Crippen LogP contribution is 2.41. The van der Waals surface area contributed by atoms with Crippen LogP contribution in [0.4, 0.5) is 0 Å². The Kier molecular flexibility index (Phi) is 5.42. The Hall–Kier alpha value is -0.120. The van der Waals surface area contributed by atoms with Crippen molar-refractivity contribution in [1.29, 1.82) is 0 Å². The van der Waals surface area contributed by atoms with Crippen molar-refractivity contribution in [2.75, 3.05) is 47.8 Å². The van der Waals surface area contributed by atoms with E-state index in [4.69, 9.17) is 0 Å². The van der Waals surface area contributed by atoms with Crippen molar-refractivity contribution in [2.24, 2.45) is 11.3 Å². The van der Waals surface area contributed by atoms with Crippen molar-refractivity contribution < 1.29 is 0 Å². The fourth-order valence-corrected chi connectivity index (χ4v) is 3.20. The second-order valence-electron chi connectivity index (χ2n) is 6.62. The van der Waals surface area contributed by atoms with Crippen LogP contribution in [0.3, 0.4) is 0 Å². The molecular weight excluding hydrogens is 210 g/mol. The largest absolute Gasteiger partial charge is 0.316 e. The molecule has 0 amide bonds. The molecule has 0 aromatic carbocycles. The summed E-state index contributed by atoms with van der Waals surface area (Å²) >= 11 is 0. The molecule has 0 aromatic rings. The topological polar surface area (TPSA) is 18.5 Å². The van der Waals surface area contributed by atoms with Crippen molar-refractivity contribution in [3.8, 4) is 0 Å². The Balaban J connectivity index is 2.41. The summed E-state index contributed by atoms with van der Waals surface area (Å²) in [5.74, 6) is 0.808. The maximum Gasteiger partial charge on any atom is 0.0156 e. The normalized spacial score (nSPS) is 28.2. The van der Waals surface area contributed by atoms with Crippen LogP contribution in [0.15, 0.2) is 0 Å². The molecule has 1 saturated carbocycles. The third-order valence-corrected chi connectivity index (χ3v) is 4.26. The van der Waals surface area contributed by atoms with Crippen molar-refractivity contribution in [1.82, 2.24) is 15.1 Å². The predicted molar refractivity (Wildman–Crippen MR) is 75.4 cm³/mol. The summed E-state index contributed by atoms with van der Waals surface area (Å²) in [5, 5.41) is 3.54. The van der Waals surface area contributed by atoms with Crippen molar-refractivity contribution >= 4 is 0 Å². The van der Waals surface area contributed by atoms with Crippen LogP contribution in [0.5, 0.6) is 0 Å². The molecule has 0 radical (unpaired) electrons. The molecular formula is C14H31N3. The molecule has 0 spiro atoms. The Bertz CT molecular complexity index is 226. The molecule has 1 N–H and O–H groups in total. The Morgan fingerprint density at radius 2 is 1.82 bits per heavy atom. The Morgan fingerprint density at radius 3 is 2.35 bits per heavy atom. The molecule has 3 nitrogen and oxygen atoms in total. The molecule has 1 fully saturated rings. The zero-order valence-corrected chi connectivity index (χ0v) is 12.6. The standard InChI is InChI=1S/C14H31N3/c1-14(2)8-7-12(13(14)15-3)11-17(6)10-9-16(4)5/h12-13,15H,7-11H2,1-6H3. The Morgan fingerprint density at radius 1 is 1.18 bits per heavy atom. The fraction of sp³-hybridized carbons (Fsp3) is 1.00. The van der Waals surface area contributed by atoms with Gasteiger partial charge in [-0.3, -0.25) is 0 Å². The van der Waals surface area contributed by atoms with Gasteiger partial charge < -0.3 is 15.1 Å². The molecule has 1 rings (SSSR count). The molecule has 1 aliphatic carbocycles. The highest BCUT2D eigenvalue weighted by molar-refractivity contribution is 4.96. The van der Waals surface area contributed by atoms with Gasteiger partial charge in [0.25, 0.3) is 0 Å². The zero-order valence-electron chi connectivity index (χ0n) is 12.6. The maximum absolute atomic E-state index is 3.54. The maximum atomic E-state index is 3.54. The van der Waals surface area contributed by atoms with E-state index < -0.39 is 0 Å². The monoisotopic (exact) mass is 241 g/mol. The van der Waals surface area contributed by atoms with Crippen LogP contribution in [0.1, 0.15) is 26.7 Å². The van der Waals surface area contributed by atoms with Crippen LogP contribution in [-0.4, -0.2) is 63.7 Å². The smallest absolute Gasteiger partial charge is 0.0156 e. The second kappa shape index (κ2) is 6.17. The third kappa shape index (κ3) is 4.23. The van der Waals surface area contributed by atoms with Gasteiger partial charge in [0.05, 0.1) is 0 Å². The van der Waals surface area contributed by atoms with E-state index in [2.05, 4.69) is 57.2 Å². The fourth-order valence-electron chi connectivity index (χ4n) is 3.20. The molecule has 102 valence electrons. The second-order valence-corrected chi connectivity index (χ2v) is 6.62. The summed E-state index contributed by atoms with van der Waals surface area (Å²) in [7, 11) is 8.65. The van der Waals surface area contributed by atoms with E-state index in [1.54, 1.807) is 0 Å². The molecule has 2 unspecified atom stereocenters. The minimum absolute atomic E-state index is 0.460. The van der Waals surface area contributed by atoms with Gasteiger partial charge in [-0.15, -0.1) is 0 Å². The SMILES string of the molecule is CNC1C(CN(C)CCN(C)C)CCC1(C)C. The summed E-state index contributed by atoms with van der Waals surface area (Å²) in [6.07, 6.45) is 2.72. The number of likely N-dealkylation sites (N-methyl/N-ethyl adjacent to an activating group) is 2. The first-order valence-corrected chi connectivity index (χ1v) is 6.87. The van der Waals surface area contributed by atoms with Gasteiger partial charge in [-0.05, 0) is 52.4 Å². The van der Waals surface area contributed by atoms with Crippen LogP contribution in [0.2, 0.25) is 0 Å². The molecule has 0 saturated heterocycles. The molecule has 0 bridgehead atoms. The minimum Gasteiger partial charge on any atom is -0.316 e. The summed E-state index contributed by atoms with van der Waals surface area (Å²) in [6, 6.07) is 0.671. The first-order chi connectivity index (χ1) is 7.86. The van der Waals surface area contributed by atoms with E-state index in [1.165, 1.54) is 25.9 Å². The first kappa shape index (κ1) is 14.9. The summed E-state index contributed by atoms with van der Waals surface area (Å²) < 4.78 is 0. The van der Waals surface area contributed by atoms with E-state index in [0.29, 0.717) is 11.5 Å².